The van der Waals surface area contributed by atoms with E-state index in [0.29, 0.717) is 5.92 Å². The molecule has 2 atom stereocenters. The Morgan fingerprint density at radius 3 is 2.42 bits per heavy atom. The highest BCUT2D eigenvalue weighted by Gasteiger charge is 2.39. The fourth-order valence-electron chi connectivity index (χ4n) is 3.10. The molecule has 2 fully saturated rings. The summed E-state index contributed by atoms with van der Waals surface area (Å²) in [5.41, 5.74) is -0.521. The summed E-state index contributed by atoms with van der Waals surface area (Å²) >= 11 is 0. The number of carboxylic acids is 1. The molecule has 2 aliphatic rings. The molecule has 0 aromatic rings. The molecule has 19 heavy (non-hydrogen) atoms. The number of rotatable bonds is 5. The molecule has 5 nitrogen and oxygen atoms in total. The van der Waals surface area contributed by atoms with Gasteiger partial charge < -0.3 is 15.3 Å². The van der Waals surface area contributed by atoms with Gasteiger partial charge in [0.1, 0.15) is 0 Å². The Kier molecular flexibility index (Phi) is 4.02. The molecule has 5 heteroatoms. The molecule has 2 aliphatic carbocycles. The van der Waals surface area contributed by atoms with Crippen LogP contribution in [0.3, 0.4) is 0 Å². The van der Waals surface area contributed by atoms with Crippen molar-refractivity contribution in [2.45, 2.75) is 51.0 Å². The van der Waals surface area contributed by atoms with Gasteiger partial charge in [0.05, 0.1) is 12.0 Å². The van der Waals surface area contributed by atoms with E-state index in [1.165, 1.54) is 6.42 Å². The molecule has 0 radical (unpaired) electrons. The highest BCUT2D eigenvalue weighted by molar-refractivity contribution is 5.76. The van der Waals surface area contributed by atoms with Crippen molar-refractivity contribution in [2.24, 2.45) is 11.8 Å². The van der Waals surface area contributed by atoms with E-state index in [2.05, 4.69) is 12.2 Å². The number of aliphatic carboxylic acids is 1. The molecule has 0 saturated heterocycles. The molecule has 0 aromatic heterocycles. The van der Waals surface area contributed by atoms with Crippen molar-refractivity contribution < 1.29 is 14.7 Å². The van der Waals surface area contributed by atoms with Crippen LogP contribution in [0.5, 0.6) is 0 Å². The van der Waals surface area contributed by atoms with Crippen molar-refractivity contribution in [2.75, 3.05) is 13.6 Å². The van der Waals surface area contributed by atoms with Crippen LogP contribution >= 0.6 is 0 Å². The molecule has 0 aromatic carbocycles. The Balaban J connectivity index is 1.89. The van der Waals surface area contributed by atoms with Gasteiger partial charge >= 0.3 is 12.0 Å². The van der Waals surface area contributed by atoms with E-state index in [4.69, 9.17) is 5.11 Å². The topological polar surface area (TPSA) is 69.6 Å². The van der Waals surface area contributed by atoms with Crippen molar-refractivity contribution in [1.29, 1.82) is 0 Å². The van der Waals surface area contributed by atoms with Gasteiger partial charge in [0.25, 0.3) is 0 Å². The number of carboxylic acid groups (broad SMARTS) is 1. The van der Waals surface area contributed by atoms with Crippen molar-refractivity contribution in [1.82, 2.24) is 10.2 Å². The fourth-order valence-corrected chi connectivity index (χ4v) is 3.10. The standard InChI is InChI=1S/C14H24N2O3/c1-10-7-11(10)9-16(2)13(19)15-14(8-12(17)18)5-3-4-6-14/h10-11H,3-9H2,1-2H3,(H,15,19)(H,17,18). The summed E-state index contributed by atoms with van der Waals surface area (Å²) in [6.45, 7) is 2.97. The van der Waals surface area contributed by atoms with Crippen molar-refractivity contribution in [3.05, 3.63) is 0 Å². The number of hydrogen-bond acceptors (Lipinski definition) is 2. The lowest BCUT2D eigenvalue weighted by atomic mass is 9.93. The second kappa shape index (κ2) is 5.39. The summed E-state index contributed by atoms with van der Waals surface area (Å²) in [7, 11) is 1.80. The van der Waals surface area contributed by atoms with Crippen molar-refractivity contribution >= 4 is 12.0 Å². The second-order valence-electron chi connectivity index (χ2n) is 6.34. The zero-order chi connectivity index (χ0) is 14.0. The van der Waals surface area contributed by atoms with Crippen LogP contribution in [0.25, 0.3) is 0 Å². The normalized spacial score (nSPS) is 27.9. The number of urea groups is 1. The van der Waals surface area contributed by atoms with E-state index in [1.54, 1.807) is 11.9 Å². The number of carbonyl (C=O) groups is 2. The first-order valence-corrected chi connectivity index (χ1v) is 7.17. The number of hydrogen-bond donors (Lipinski definition) is 2. The maximum Gasteiger partial charge on any atom is 0.317 e. The van der Waals surface area contributed by atoms with Crippen LogP contribution in [0, 0.1) is 11.8 Å². The van der Waals surface area contributed by atoms with E-state index in [-0.39, 0.29) is 12.5 Å². The van der Waals surface area contributed by atoms with Gasteiger partial charge in [-0.25, -0.2) is 4.79 Å². The third-order valence-electron chi connectivity index (χ3n) is 4.55. The summed E-state index contributed by atoms with van der Waals surface area (Å²) in [6, 6.07) is -0.123. The van der Waals surface area contributed by atoms with Crippen LogP contribution in [0.4, 0.5) is 4.79 Å². The number of nitrogens with zero attached hydrogens (tertiary/aromatic N) is 1. The highest BCUT2D eigenvalue weighted by Crippen LogP contribution is 2.38. The maximum absolute atomic E-state index is 12.2. The molecular formula is C14H24N2O3. The van der Waals surface area contributed by atoms with E-state index in [1.807, 2.05) is 0 Å². The molecule has 2 saturated carbocycles. The predicted molar refractivity (Wildman–Crippen MR) is 71.9 cm³/mol. The molecule has 0 spiro atoms. The lowest BCUT2D eigenvalue weighted by Crippen LogP contribution is -2.52. The molecule has 0 aliphatic heterocycles. The predicted octanol–water partition coefficient (Wildman–Crippen LogP) is 2.07. The van der Waals surface area contributed by atoms with Crippen LogP contribution in [-0.4, -0.2) is 41.1 Å². The summed E-state index contributed by atoms with van der Waals surface area (Å²) in [4.78, 5) is 24.9. The molecule has 2 N–H and O–H groups in total. The van der Waals surface area contributed by atoms with Crippen LogP contribution in [-0.2, 0) is 4.79 Å². The van der Waals surface area contributed by atoms with E-state index in [0.717, 1.165) is 38.1 Å². The Labute approximate surface area is 114 Å². The first kappa shape index (κ1) is 14.2. The quantitative estimate of drug-likeness (QED) is 0.802. The largest absolute Gasteiger partial charge is 0.481 e. The minimum atomic E-state index is -0.833. The SMILES string of the molecule is CC1CC1CN(C)C(=O)NC1(CC(=O)O)CCCC1. The van der Waals surface area contributed by atoms with Crippen molar-refractivity contribution in [3.8, 4) is 0 Å². The van der Waals surface area contributed by atoms with Gasteiger partial charge in [-0.05, 0) is 31.1 Å². The zero-order valence-corrected chi connectivity index (χ0v) is 11.8. The average Bonchev–Trinajstić information content (AvgIpc) is 2.82. The molecule has 108 valence electrons. The minimum absolute atomic E-state index is 0.0341. The second-order valence-corrected chi connectivity index (χ2v) is 6.34. The molecule has 2 amide bonds. The number of amides is 2. The highest BCUT2D eigenvalue weighted by atomic mass is 16.4. The third kappa shape index (κ3) is 3.61. The van der Waals surface area contributed by atoms with Gasteiger partial charge in [-0.1, -0.05) is 19.8 Å². The third-order valence-corrected chi connectivity index (χ3v) is 4.55. The Morgan fingerprint density at radius 2 is 1.95 bits per heavy atom. The van der Waals surface area contributed by atoms with Gasteiger partial charge in [0.15, 0.2) is 0 Å². The zero-order valence-electron chi connectivity index (χ0n) is 11.8. The van der Waals surface area contributed by atoms with Crippen LogP contribution in [0.1, 0.15) is 45.4 Å². The van der Waals surface area contributed by atoms with Crippen LogP contribution in [0.2, 0.25) is 0 Å². The van der Waals surface area contributed by atoms with Crippen LogP contribution in [0.15, 0.2) is 0 Å². The van der Waals surface area contributed by atoms with Gasteiger partial charge in [0.2, 0.25) is 0 Å². The Hall–Kier alpha value is -1.26. The number of carbonyl (C=O) groups excluding carboxylic acids is 1. The molecule has 0 heterocycles. The average molecular weight is 268 g/mol. The fraction of sp³-hybridized carbons (Fsp3) is 0.857. The summed E-state index contributed by atoms with van der Waals surface area (Å²) in [5.74, 6) is 0.505. The summed E-state index contributed by atoms with van der Waals surface area (Å²) in [5, 5.41) is 12.0. The minimum Gasteiger partial charge on any atom is -0.481 e. The first-order valence-electron chi connectivity index (χ1n) is 7.17. The van der Waals surface area contributed by atoms with Gasteiger partial charge in [-0.15, -0.1) is 0 Å². The molecule has 2 unspecified atom stereocenters. The van der Waals surface area contributed by atoms with Crippen LogP contribution < -0.4 is 5.32 Å². The molecule has 2 rings (SSSR count). The first-order chi connectivity index (χ1) is 8.92. The Morgan fingerprint density at radius 1 is 1.37 bits per heavy atom. The molecule has 0 bridgehead atoms. The van der Waals surface area contributed by atoms with Crippen molar-refractivity contribution in [3.63, 3.8) is 0 Å². The Bertz CT molecular complexity index is 364. The monoisotopic (exact) mass is 268 g/mol. The lowest BCUT2D eigenvalue weighted by Gasteiger charge is -2.31. The van der Waals surface area contributed by atoms with E-state index < -0.39 is 11.5 Å². The smallest absolute Gasteiger partial charge is 0.317 e. The van der Waals surface area contributed by atoms with Gasteiger partial charge in [-0.2, -0.15) is 0 Å². The summed E-state index contributed by atoms with van der Waals surface area (Å²) in [6.07, 6.45) is 4.77. The van der Waals surface area contributed by atoms with E-state index >= 15 is 0 Å². The number of nitrogens with one attached hydrogen (secondary N) is 1. The lowest BCUT2D eigenvalue weighted by molar-refractivity contribution is -0.138. The van der Waals surface area contributed by atoms with E-state index in [9.17, 15) is 9.59 Å². The maximum atomic E-state index is 12.2. The summed E-state index contributed by atoms with van der Waals surface area (Å²) < 4.78 is 0. The van der Waals surface area contributed by atoms with Gasteiger partial charge in [0, 0.05) is 13.6 Å². The molecular weight excluding hydrogens is 244 g/mol. The van der Waals surface area contributed by atoms with Gasteiger partial charge in [-0.3, -0.25) is 4.79 Å².